The van der Waals surface area contributed by atoms with Gasteiger partial charge in [-0.3, -0.25) is 0 Å². The van der Waals surface area contributed by atoms with Gasteiger partial charge >= 0.3 is 0 Å². The van der Waals surface area contributed by atoms with Gasteiger partial charge in [-0.05, 0) is 43.0 Å². The predicted octanol–water partition coefficient (Wildman–Crippen LogP) is 2.90. The van der Waals surface area contributed by atoms with Gasteiger partial charge in [-0.2, -0.15) is 0 Å². The number of nitrogens with one attached hydrogen (secondary N) is 1. The number of hydrogen-bond donors (Lipinski definition) is 1. The van der Waals surface area contributed by atoms with E-state index in [0.29, 0.717) is 6.04 Å². The van der Waals surface area contributed by atoms with Gasteiger partial charge in [-0.1, -0.05) is 12.2 Å². The van der Waals surface area contributed by atoms with Gasteiger partial charge < -0.3 is 15.0 Å². The Morgan fingerprint density at radius 2 is 1.90 bits per heavy atom. The Hall–Kier alpha value is -1.48. The molecule has 1 aliphatic heterocycles. The van der Waals surface area contributed by atoms with Gasteiger partial charge in [0.2, 0.25) is 0 Å². The minimum atomic E-state index is 0.646. The van der Waals surface area contributed by atoms with Crippen LogP contribution in [-0.4, -0.2) is 32.3 Å². The molecule has 1 saturated carbocycles. The predicted molar refractivity (Wildman–Crippen MR) is 82.2 cm³/mol. The van der Waals surface area contributed by atoms with E-state index in [9.17, 15) is 0 Å². The summed E-state index contributed by atoms with van der Waals surface area (Å²) in [5, 5.41) is 3.69. The molecule has 1 heterocycles. The number of hydrogen-bond acceptors (Lipinski definition) is 3. The van der Waals surface area contributed by atoms with Crippen molar-refractivity contribution in [1.29, 1.82) is 0 Å². The SMILES string of the molecule is C1=CC2C(C1)CC2Nc1ccc(N2CCOCC2)cc1. The first-order valence-corrected chi connectivity index (χ1v) is 7.76. The Morgan fingerprint density at radius 1 is 1.10 bits per heavy atom. The fourth-order valence-electron chi connectivity index (χ4n) is 3.69. The zero-order valence-corrected chi connectivity index (χ0v) is 11.8. The van der Waals surface area contributed by atoms with Crippen molar-refractivity contribution in [1.82, 2.24) is 0 Å². The zero-order valence-electron chi connectivity index (χ0n) is 11.8. The maximum Gasteiger partial charge on any atom is 0.0642 e. The second-order valence-electron chi connectivity index (χ2n) is 6.13. The van der Waals surface area contributed by atoms with Gasteiger partial charge in [0.1, 0.15) is 0 Å². The molecule has 0 bridgehead atoms. The highest BCUT2D eigenvalue weighted by atomic mass is 16.5. The van der Waals surface area contributed by atoms with Crippen LogP contribution in [0, 0.1) is 11.8 Å². The maximum absolute atomic E-state index is 5.40. The van der Waals surface area contributed by atoms with Crippen LogP contribution in [0.4, 0.5) is 11.4 Å². The fraction of sp³-hybridized carbons (Fsp3) is 0.529. The first kappa shape index (κ1) is 12.3. The Labute approximate surface area is 120 Å². The van der Waals surface area contributed by atoms with Gasteiger partial charge in [0.25, 0.3) is 0 Å². The van der Waals surface area contributed by atoms with Crippen molar-refractivity contribution in [3.8, 4) is 0 Å². The molecule has 106 valence electrons. The summed E-state index contributed by atoms with van der Waals surface area (Å²) in [6.45, 7) is 3.70. The molecular weight excluding hydrogens is 248 g/mol. The third-order valence-electron chi connectivity index (χ3n) is 4.96. The third kappa shape index (κ3) is 2.20. The molecule has 3 aliphatic rings. The van der Waals surface area contributed by atoms with Crippen LogP contribution >= 0.6 is 0 Å². The number of allylic oxidation sites excluding steroid dienone is 1. The minimum Gasteiger partial charge on any atom is -0.382 e. The first-order chi connectivity index (χ1) is 9.90. The molecule has 3 unspecified atom stereocenters. The molecule has 0 aromatic heterocycles. The zero-order chi connectivity index (χ0) is 13.4. The molecule has 0 spiro atoms. The molecule has 4 rings (SSSR count). The maximum atomic E-state index is 5.40. The van der Waals surface area contributed by atoms with E-state index in [0.717, 1.165) is 38.1 Å². The highest BCUT2D eigenvalue weighted by Gasteiger charge is 2.40. The van der Waals surface area contributed by atoms with Crippen molar-refractivity contribution in [2.45, 2.75) is 18.9 Å². The Bertz CT molecular complexity index is 490. The van der Waals surface area contributed by atoms with E-state index in [-0.39, 0.29) is 0 Å². The second-order valence-corrected chi connectivity index (χ2v) is 6.13. The summed E-state index contributed by atoms with van der Waals surface area (Å²) in [5.41, 5.74) is 2.57. The second kappa shape index (κ2) is 5.13. The van der Waals surface area contributed by atoms with Gasteiger partial charge in [0, 0.05) is 36.4 Å². The van der Waals surface area contributed by atoms with E-state index >= 15 is 0 Å². The van der Waals surface area contributed by atoms with E-state index in [1.165, 1.54) is 24.2 Å². The number of fused-ring (bicyclic) bond motifs is 1. The third-order valence-corrected chi connectivity index (χ3v) is 4.96. The van der Waals surface area contributed by atoms with Crippen LogP contribution in [0.2, 0.25) is 0 Å². The number of ether oxygens (including phenoxy) is 1. The van der Waals surface area contributed by atoms with Gasteiger partial charge in [-0.15, -0.1) is 0 Å². The van der Waals surface area contributed by atoms with E-state index in [4.69, 9.17) is 4.74 Å². The molecule has 3 nitrogen and oxygen atoms in total. The monoisotopic (exact) mass is 270 g/mol. The normalized spacial score (nSPS) is 31.8. The minimum absolute atomic E-state index is 0.646. The van der Waals surface area contributed by atoms with Crippen molar-refractivity contribution in [3.63, 3.8) is 0 Å². The first-order valence-electron chi connectivity index (χ1n) is 7.76. The van der Waals surface area contributed by atoms with Crippen molar-refractivity contribution < 1.29 is 4.74 Å². The van der Waals surface area contributed by atoms with Crippen LogP contribution in [0.1, 0.15) is 12.8 Å². The van der Waals surface area contributed by atoms with E-state index in [2.05, 4.69) is 46.6 Å². The van der Waals surface area contributed by atoms with Crippen LogP contribution in [0.25, 0.3) is 0 Å². The van der Waals surface area contributed by atoms with Crippen LogP contribution in [0.3, 0.4) is 0 Å². The van der Waals surface area contributed by atoms with Crippen molar-refractivity contribution in [2.75, 3.05) is 36.5 Å². The molecule has 0 amide bonds. The highest BCUT2D eigenvalue weighted by Crippen LogP contribution is 2.44. The summed E-state index contributed by atoms with van der Waals surface area (Å²) in [4.78, 5) is 2.40. The molecule has 1 saturated heterocycles. The highest BCUT2D eigenvalue weighted by molar-refractivity contribution is 5.56. The summed E-state index contributed by atoms with van der Waals surface area (Å²) >= 11 is 0. The molecule has 1 aromatic carbocycles. The molecule has 1 aromatic rings. The number of morpholine rings is 1. The molecule has 3 atom stereocenters. The molecule has 0 radical (unpaired) electrons. The largest absolute Gasteiger partial charge is 0.382 e. The average molecular weight is 270 g/mol. The van der Waals surface area contributed by atoms with E-state index in [1.54, 1.807) is 0 Å². The smallest absolute Gasteiger partial charge is 0.0642 e. The number of anilines is 2. The van der Waals surface area contributed by atoms with Gasteiger partial charge in [0.05, 0.1) is 13.2 Å². The van der Waals surface area contributed by atoms with Crippen LogP contribution in [-0.2, 0) is 4.74 Å². The van der Waals surface area contributed by atoms with Crippen LogP contribution in [0.5, 0.6) is 0 Å². The summed E-state index contributed by atoms with van der Waals surface area (Å²) in [7, 11) is 0. The van der Waals surface area contributed by atoms with Gasteiger partial charge in [-0.25, -0.2) is 0 Å². The quantitative estimate of drug-likeness (QED) is 0.855. The van der Waals surface area contributed by atoms with Crippen LogP contribution < -0.4 is 10.2 Å². The molecular formula is C17H22N2O. The lowest BCUT2D eigenvalue weighted by Crippen LogP contribution is -2.43. The molecule has 1 N–H and O–H groups in total. The number of rotatable bonds is 3. The number of nitrogens with zero attached hydrogens (tertiary/aromatic N) is 1. The van der Waals surface area contributed by atoms with Gasteiger partial charge in [0.15, 0.2) is 0 Å². The average Bonchev–Trinajstić information content (AvgIpc) is 2.88. The summed E-state index contributed by atoms with van der Waals surface area (Å²) in [6.07, 6.45) is 7.36. The van der Waals surface area contributed by atoms with Crippen molar-refractivity contribution in [3.05, 3.63) is 36.4 Å². The van der Waals surface area contributed by atoms with E-state index < -0.39 is 0 Å². The Morgan fingerprint density at radius 3 is 2.65 bits per heavy atom. The standard InChI is InChI=1S/C17H22N2O/c1-2-13-12-17(16(13)3-1)18-14-4-6-15(7-5-14)19-8-10-20-11-9-19/h1,3-7,13,16-18H,2,8-12H2. The molecule has 20 heavy (non-hydrogen) atoms. The molecule has 2 fully saturated rings. The lowest BCUT2D eigenvalue weighted by atomic mass is 9.71. The number of benzene rings is 1. The Balaban J connectivity index is 1.38. The molecule has 3 heteroatoms. The van der Waals surface area contributed by atoms with E-state index in [1.807, 2.05) is 0 Å². The lowest BCUT2D eigenvalue weighted by molar-refractivity contribution is 0.122. The summed E-state index contributed by atoms with van der Waals surface area (Å²) in [5.74, 6) is 1.69. The molecule has 2 aliphatic carbocycles. The Kier molecular flexibility index (Phi) is 3.15. The van der Waals surface area contributed by atoms with Crippen molar-refractivity contribution in [2.24, 2.45) is 11.8 Å². The van der Waals surface area contributed by atoms with Crippen molar-refractivity contribution >= 4 is 11.4 Å². The summed E-state index contributed by atoms with van der Waals surface area (Å²) < 4.78 is 5.40. The fourth-order valence-corrected chi connectivity index (χ4v) is 3.69. The lowest BCUT2D eigenvalue weighted by Gasteiger charge is -2.41. The van der Waals surface area contributed by atoms with Crippen LogP contribution in [0.15, 0.2) is 36.4 Å². The topological polar surface area (TPSA) is 24.5 Å². The summed E-state index contributed by atoms with van der Waals surface area (Å²) in [6, 6.07) is 9.55.